The van der Waals surface area contributed by atoms with Crippen LogP contribution in [0.2, 0.25) is 0 Å². The van der Waals surface area contributed by atoms with Gasteiger partial charge in [0, 0.05) is 36.9 Å². The molecule has 62 heavy (non-hydrogen) atoms. The second-order valence-electron chi connectivity index (χ2n) is 11.7. The van der Waals surface area contributed by atoms with Crippen LogP contribution in [0.5, 0.6) is 34.5 Å². The van der Waals surface area contributed by atoms with Crippen molar-refractivity contribution in [3.05, 3.63) is 99.8 Å². The van der Waals surface area contributed by atoms with Gasteiger partial charge in [0.25, 0.3) is 0 Å². The zero-order valence-electron chi connectivity index (χ0n) is 37.7. The van der Waals surface area contributed by atoms with Crippen molar-refractivity contribution in [3.63, 3.8) is 0 Å². The van der Waals surface area contributed by atoms with E-state index in [1.807, 2.05) is 45.0 Å². The molecule has 3 aromatic carbocycles. The number of nitrogen functional groups attached to an aromatic ring is 2. The zero-order valence-corrected chi connectivity index (χ0v) is 39.7. The number of ether oxygens (including phenoxy) is 7. The number of hydrogen-bond donors (Lipinski definition) is 5. The van der Waals surface area contributed by atoms with Crippen LogP contribution in [0.1, 0.15) is 43.7 Å². The number of carbonyl (C=O) groups excluding carboxylic acids is 1. The molecular weight excluding hydrogens is 810 g/mol. The van der Waals surface area contributed by atoms with Gasteiger partial charge in [0.15, 0.2) is 40.5 Å². The normalized spacial score (nSPS) is 9.23. The molecule has 0 aliphatic heterocycles. The van der Waals surface area contributed by atoms with Gasteiger partial charge >= 0.3 is 29.6 Å². The predicted octanol–water partition coefficient (Wildman–Crippen LogP) is 1.46. The minimum atomic E-state index is -0.333. The minimum absolute atomic E-state index is 0. The summed E-state index contributed by atoms with van der Waals surface area (Å²) in [5.74, 6) is 4.17. The maximum absolute atomic E-state index is 10.6. The molecule has 0 aliphatic carbocycles. The van der Waals surface area contributed by atoms with E-state index in [-0.39, 0.29) is 41.5 Å². The number of aryl methyl sites for hydroxylation is 3. The van der Waals surface area contributed by atoms with Gasteiger partial charge in [0.05, 0.1) is 67.0 Å². The molecule has 0 atom stereocenters. The van der Waals surface area contributed by atoms with Gasteiger partial charge in [-0.05, 0) is 91.1 Å². The SMILES string of the molecule is C=CC#N.COC/C(C#N)=C/c1cc(OC)c(OC)cc1C.COc1cc(C)c(C=O)cc1OC.COc1cc(C)c(Cc2cnc(N)nc2N)cc1OC.C[O-].N=C(N)N.[Na+]. The number of carbonyl (C=O) groups is 1. The van der Waals surface area contributed by atoms with Crippen molar-refractivity contribution in [1.82, 2.24) is 9.97 Å². The Morgan fingerprint density at radius 3 is 1.50 bits per heavy atom. The van der Waals surface area contributed by atoms with Crippen molar-refractivity contribution in [1.29, 1.82) is 15.9 Å². The van der Waals surface area contributed by atoms with Crippen LogP contribution in [-0.2, 0) is 11.2 Å². The maximum Gasteiger partial charge on any atom is 1.00 e. The third-order valence-corrected chi connectivity index (χ3v) is 7.68. The summed E-state index contributed by atoms with van der Waals surface area (Å²) in [4.78, 5) is 18.5. The van der Waals surface area contributed by atoms with Gasteiger partial charge in [-0.2, -0.15) is 22.6 Å². The fourth-order valence-corrected chi connectivity index (χ4v) is 4.71. The monoisotopic (exact) mass is 867 g/mol. The van der Waals surface area contributed by atoms with Gasteiger partial charge in [0.2, 0.25) is 5.95 Å². The molecule has 0 aliphatic rings. The summed E-state index contributed by atoms with van der Waals surface area (Å²) in [6, 6.07) is 14.8. The van der Waals surface area contributed by atoms with E-state index >= 15 is 0 Å². The first-order chi connectivity index (χ1) is 29.1. The molecule has 0 unspecified atom stereocenters. The molecule has 0 bridgehead atoms. The van der Waals surface area contributed by atoms with E-state index in [1.165, 1.54) is 6.08 Å². The number of aromatic nitrogens is 2. The van der Waals surface area contributed by atoms with Crippen molar-refractivity contribution in [3.8, 4) is 46.6 Å². The molecule has 4 aromatic rings. The Hall–Kier alpha value is -6.54. The number of methoxy groups -OCH3 is 7. The summed E-state index contributed by atoms with van der Waals surface area (Å²) in [5.41, 5.74) is 27.3. The van der Waals surface area contributed by atoms with Crippen LogP contribution >= 0.6 is 0 Å². The molecular formula is C43H58N9NaO9. The van der Waals surface area contributed by atoms with E-state index in [2.05, 4.69) is 34.1 Å². The number of anilines is 2. The van der Waals surface area contributed by atoms with Crippen molar-refractivity contribution in [2.24, 2.45) is 11.5 Å². The fourth-order valence-electron chi connectivity index (χ4n) is 4.71. The molecule has 18 nitrogen and oxygen atoms in total. The summed E-state index contributed by atoms with van der Waals surface area (Å²) in [5, 5.41) is 30.8. The Balaban J connectivity index is -0.000000764. The molecule has 1 aromatic heterocycles. The number of nitrogens with zero attached hydrogens (tertiary/aromatic N) is 4. The molecule has 0 amide bonds. The third kappa shape index (κ3) is 21.6. The van der Waals surface area contributed by atoms with E-state index < -0.39 is 0 Å². The Morgan fingerprint density at radius 1 is 0.742 bits per heavy atom. The summed E-state index contributed by atoms with van der Waals surface area (Å²) in [6.45, 7) is 9.23. The van der Waals surface area contributed by atoms with E-state index in [0.29, 0.717) is 64.5 Å². The van der Waals surface area contributed by atoms with Crippen LogP contribution in [0.15, 0.2) is 60.8 Å². The number of hydrogen-bond acceptors (Lipinski definition) is 16. The third-order valence-electron chi connectivity index (χ3n) is 7.68. The standard InChI is InChI=1S/C14H18N4O2.C14H17NO3.C10H12O3.C3H3N.CH5N3.CH3O.Na/c1-8-4-11(19-2)12(20-3)6-9(8)5-10-7-17-14(16)18-13(10)15;1-10-5-13(17-3)14(18-4)7-12(10)6-11(8-15)9-16-2;1-7-4-9(12-2)10(13-3)5-8(7)6-11;1-2-3-4;2-1(3)4;1-2;/h4,6-7H,5H2,1-3H3,(H4,15,16,17,18);5-7H,9H2,1-4H3;4-6H,1-3H3;2H,1H2;(H5,2,3,4);1H3;/q;;;;;-1;+1/b;11-6+;;;;;. The molecule has 1 heterocycles. The van der Waals surface area contributed by atoms with Crippen LogP contribution in [0, 0.1) is 48.8 Å². The van der Waals surface area contributed by atoms with Gasteiger partial charge in [-0.3, -0.25) is 10.2 Å². The van der Waals surface area contributed by atoms with Gasteiger partial charge in [-0.15, -0.1) is 0 Å². The van der Waals surface area contributed by atoms with E-state index in [1.54, 1.807) is 80.2 Å². The van der Waals surface area contributed by atoms with Crippen molar-refractivity contribution in [2.75, 3.05) is 75.0 Å². The summed E-state index contributed by atoms with van der Waals surface area (Å²) in [6.07, 6.45) is 6.03. The quantitative estimate of drug-likeness (QED) is 0.0443. The van der Waals surface area contributed by atoms with Gasteiger partial charge in [0.1, 0.15) is 12.1 Å². The molecule has 0 saturated carbocycles. The van der Waals surface area contributed by atoms with E-state index in [4.69, 9.17) is 65.7 Å². The fraction of sp³-hybridized carbons (Fsp3) is 0.302. The Labute approximate surface area is 386 Å². The smallest absolute Gasteiger partial charge is 0.857 e. The van der Waals surface area contributed by atoms with Crippen LogP contribution in [-0.4, -0.2) is 85.7 Å². The number of nitriles is 2. The van der Waals surface area contributed by atoms with Gasteiger partial charge in [-0.25, -0.2) is 4.98 Å². The number of aldehydes is 1. The van der Waals surface area contributed by atoms with Gasteiger partial charge in [-0.1, -0.05) is 6.58 Å². The second-order valence-corrected chi connectivity index (χ2v) is 11.7. The molecule has 19 heteroatoms. The largest absolute Gasteiger partial charge is 1.00 e. The zero-order chi connectivity index (χ0) is 47.1. The molecule has 0 spiro atoms. The van der Waals surface area contributed by atoms with E-state index in [9.17, 15) is 4.79 Å². The topological polar surface area (TPSA) is 306 Å². The Bertz CT molecular complexity index is 2120. The predicted molar refractivity (Wildman–Crippen MR) is 235 cm³/mol. The average molecular weight is 868 g/mol. The Kier molecular flexibility index (Phi) is 33.0. The Morgan fingerprint density at radius 2 is 1.13 bits per heavy atom. The molecule has 9 N–H and O–H groups in total. The number of nitrogens with two attached hydrogens (primary N) is 4. The molecule has 4 rings (SSSR count). The summed E-state index contributed by atoms with van der Waals surface area (Å²) >= 11 is 0. The number of guanidine groups is 1. The van der Waals surface area contributed by atoms with Crippen LogP contribution in [0.25, 0.3) is 6.08 Å². The molecule has 0 radical (unpaired) electrons. The first-order valence-corrected chi connectivity index (χ1v) is 17.7. The van der Waals surface area contributed by atoms with Crippen LogP contribution in [0.3, 0.4) is 0 Å². The number of nitrogens with one attached hydrogen (secondary N) is 1. The van der Waals surface area contributed by atoms with Gasteiger partial charge < -0.3 is 61.2 Å². The number of rotatable bonds is 12. The van der Waals surface area contributed by atoms with Crippen molar-refractivity contribution < 1.29 is 72.6 Å². The minimum Gasteiger partial charge on any atom is -0.857 e. The molecule has 0 fully saturated rings. The molecule has 330 valence electrons. The molecule has 0 saturated heterocycles. The van der Waals surface area contributed by atoms with Crippen LogP contribution in [0.4, 0.5) is 11.8 Å². The van der Waals surface area contributed by atoms with Crippen molar-refractivity contribution in [2.45, 2.75) is 27.2 Å². The average Bonchev–Trinajstić information content (AvgIpc) is 3.26. The van der Waals surface area contributed by atoms with Crippen LogP contribution < -0.4 is 86.0 Å². The maximum atomic E-state index is 10.6. The van der Waals surface area contributed by atoms with Crippen molar-refractivity contribution >= 4 is 30.1 Å². The second kappa shape index (κ2) is 34.2. The summed E-state index contributed by atoms with van der Waals surface area (Å²) in [7, 11) is 11.8. The number of benzene rings is 3. The van der Waals surface area contributed by atoms with E-state index in [0.717, 1.165) is 46.8 Å². The number of allylic oxidation sites excluding steroid dienone is 1. The first kappa shape index (κ1) is 59.8. The first-order valence-electron chi connectivity index (χ1n) is 17.7. The summed E-state index contributed by atoms with van der Waals surface area (Å²) < 4.78 is 36.1.